The quantitative estimate of drug-likeness (QED) is 0.458. The van der Waals surface area contributed by atoms with E-state index in [9.17, 15) is 9.59 Å². The molecule has 0 unspecified atom stereocenters. The van der Waals surface area contributed by atoms with E-state index < -0.39 is 12.1 Å². The summed E-state index contributed by atoms with van der Waals surface area (Å²) in [6.45, 7) is 7.56. The van der Waals surface area contributed by atoms with E-state index in [1.807, 2.05) is 0 Å². The van der Waals surface area contributed by atoms with Crippen molar-refractivity contribution in [3.63, 3.8) is 0 Å². The van der Waals surface area contributed by atoms with Crippen molar-refractivity contribution >= 4 is 12.1 Å². The Morgan fingerprint density at radius 1 is 1.05 bits per heavy atom. The number of hydrazine groups is 1. The van der Waals surface area contributed by atoms with E-state index in [2.05, 4.69) is 24.7 Å². The summed E-state index contributed by atoms with van der Waals surface area (Å²) < 4.78 is 9.49. The van der Waals surface area contributed by atoms with Crippen molar-refractivity contribution < 1.29 is 19.1 Å². The first-order chi connectivity index (χ1) is 9.38. The third kappa shape index (κ3) is 6.34. The van der Waals surface area contributed by atoms with Gasteiger partial charge in [-0.2, -0.15) is 0 Å². The fraction of sp³-hybridized carbons (Fsp3) is 0.857. The molecule has 0 amide bonds. The third-order valence-electron chi connectivity index (χ3n) is 3.15. The molecule has 2 N–H and O–H groups in total. The van der Waals surface area contributed by atoms with E-state index in [4.69, 9.17) is 9.47 Å². The monoisotopic (exact) mass is 286 g/mol. The molecule has 6 heteroatoms. The highest BCUT2D eigenvalue weighted by atomic mass is 16.7. The second-order valence-electron chi connectivity index (χ2n) is 5.83. The summed E-state index contributed by atoms with van der Waals surface area (Å²) in [6.07, 6.45) is 2.05. The van der Waals surface area contributed by atoms with Crippen molar-refractivity contribution in [1.82, 2.24) is 10.9 Å². The topological polar surface area (TPSA) is 76.7 Å². The lowest BCUT2D eigenvalue weighted by Gasteiger charge is -2.28. The molecule has 0 saturated heterocycles. The molecule has 0 bridgehead atoms. The van der Waals surface area contributed by atoms with Crippen LogP contribution < -0.4 is 10.9 Å². The lowest BCUT2D eigenvalue weighted by Crippen LogP contribution is -2.46. The van der Waals surface area contributed by atoms with E-state index in [1.165, 1.54) is 0 Å². The van der Waals surface area contributed by atoms with E-state index in [0.717, 1.165) is 25.7 Å². The summed E-state index contributed by atoms with van der Waals surface area (Å²) in [5.74, 6) is -0.669. The van der Waals surface area contributed by atoms with Crippen LogP contribution in [0.5, 0.6) is 0 Å². The maximum absolute atomic E-state index is 11.8. The first-order valence-corrected chi connectivity index (χ1v) is 7.31. The summed E-state index contributed by atoms with van der Waals surface area (Å²) in [5, 5.41) is 0. The molecule has 0 aromatic rings. The summed E-state index contributed by atoms with van der Waals surface area (Å²) >= 11 is 0. The highest BCUT2D eigenvalue weighted by Crippen LogP contribution is 2.25. The fourth-order valence-corrected chi connectivity index (χ4v) is 2.14. The summed E-state index contributed by atoms with van der Waals surface area (Å²) in [4.78, 5) is 23.1. The van der Waals surface area contributed by atoms with Crippen LogP contribution in [0.2, 0.25) is 0 Å². The maximum Gasteiger partial charge on any atom is 0.516 e. The van der Waals surface area contributed by atoms with Crippen LogP contribution in [0.15, 0.2) is 0 Å². The first kappa shape index (κ1) is 16.9. The van der Waals surface area contributed by atoms with E-state index in [0.29, 0.717) is 12.1 Å². The Balaban J connectivity index is 2.26. The van der Waals surface area contributed by atoms with Gasteiger partial charge in [-0.3, -0.25) is 15.6 Å². The first-order valence-electron chi connectivity index (χ1n) is 7.31. The van der Waals surface area contributed by atoms with Crippen LogP contribution in [-0.2, 0) is 14.3 Å². The molecule has 1 saturated carbocycles. The highest BCUT2D eigenvalue weighted by Gasteiger charge is 2.29. The number of nitrogens with one attached hydrogen (secondary N) is 2. The van der Waals surface area contributed by atoms with Gasteiger partial charge in [-0.25, -0.2) is 4.79 Å². The van der Waals surface area contributed by atoms with Gasteiger partial charge in [0.1, 0.15) is 0 Å². The average Bonchev–Trinajstić information content (AvgIpc) is 2.35. The predicted molar refractivity (Wildman–Crippen MR) is 74.9 cm³/mol. The van der Waals surface area contributed by atoms with Gasteiger partial charge < -0.3 is 9.47 Å². The normalized spacial score (nSPS) is 22.9. The average molecular weight is 286 g/mol. The zero-order valence-electron chi connectivity index (χ0n) is 12.8. The Morgan fingerprint density at radius 3 is 2.15 bits per heavy atom. The van der Waals surface area contributed by atoms with Gasteiger partial charge in [-0.1, -0.05) is 0 Å². The van der Waals surface area contributed by atoms with Crippen LogP contribution >= 0.6 is 0 Å². The van der Waals surface area contributed by atoms with E-state index in [1.54, 1.807) is 13.8 Å². The number of carbonyl (C=O) groups is 2. The molecule has 1 aliphatic rings. The number of ether oxygens (including phenoxy) is 2. The number of hydrogen-bond acceptors (Lipinski definition) is 6. The van der Waals surface area contributed by atoms with Crippen LogP contribution in [0.3, 0.4) is 0 Å². The Hall–Kier alpha value is -1.14. The van der Waals surface area contributed by atoms with Crippen LogP contribution in [0.25, 0.3) is 0 Å². The van der Waals surface area contributed by atoms with Gasteiger partial charge in [-0.05, 0) is 53.4 Å². The summed E-state index contributed by atoms with van der Waals surface area (Å²) in [6, 6.07) is 0.743. The maximum atomic E-state index is 11.8. The van der Waals surface area contributed by atoms with Gasteiger partial charge in [0, 0.05) is 12.1 Å². The molecular weight excluding hydrogens is 260 g/mol. The highest BCUT2D eigenvalue weighted by molar-refractivity contribution is 5.83. The molecule has 0 radical (unpaired) electrons. The lowest BCUT2D eigenvalue weighted by molar-refractivity contribution is -0.146. The Labute approximate surface area is 120 Å². The minimum absolute atomic E-state index is 0.202. The van der Waals surface area contributed by atoms with Crippen molar-refractivity contribution in [3.8, 4) is 0 Å². The molecule has 0 spiro atoms. The van der Waals surface area contributed by atoms with Crippen molar-refractivity contribution in [3.05, 3.63) is 0 Å². The standard InChI is InChI=1S/C14H26N2O4/c1-9(2)15-16-12-7-5-11(6-8-12)13(17)20-14(18)19-10(3)4/h9-12,15-16H,5-8H2,1-4H3/t11-,12-. The summed E-state index contributed by atoms with van der Waals surface area (Å²) in [7, 11) is 0. The molecule has 0 aromatic heterocycles. The molecule has 1 rings (SSSR count). The van der Waals surface area contributed by atoms with Crippen LogP contribution in [0.1, 0.15) is 53.4 Å². The van der Waals surface area contributed by atoms with Crippen LogP contribution in [0, 0.1) is 5.92 Å². The van der Waals surface area contributed by atoms with Crippen molar-refractivity contribution in [2.24, 2.45) is 5.92 Å². The molecule has 116 valence electrons. The smallest absolute Gasteiger partial charge is 0.431 e. The fourth-order valence-electron chi connectivity index (χ4n) is 2.14. The number of carbonyl (C=O) groups excluding carboxylic acids is 2. The molecule has 0 heterocycles. The van der Waals surface area contributed by atoms with Gasteiger partial charge in [0.05, 0.1) is 12.0 Å². The molecule has 1 aliphatic carbocycles. The van der Waals surface area contributed by atoms with Gasteiger partial charge in [0.2, 0.25) is 0 Å². The molecule has 1 fully saturated rings. The Kier molecular flexibility index (Phi) is 6.95. The van der Waals surface area contributed by atoms with Gasteiger partial charge >= 0.3 is 12.1 Å². The SMILES string of the molecule is CC(C)NN[C@H]1CC[C@H](C(=O)OC(=O)OC(C)C)CC1. The van der Waals surface area contributed by atoms with E-state index in [-0.39, 0.29) is 12.0 Å². The number of hydrogen-bond donors (Lipinski definition) is 2. The minimum Gasteiger partial charge on any atom is -0.431 e. The second kappa shape index (κ2) is 8.21. The second-order valence-corrected chi connectivity index (χ2v) is 5.83. The van der Waals surface area contributed by atoms with Gasteiger partial charge in [-0.15, -0.1) is 0 Å². The minimum atomic E-state index is -0.897. The van der Waals surface area contributed by atoms with Crippen LogP contribution in [-0.4, -0.2) is 30.3 Å². The Morgan fingerprint density at radius 2 is 1.65 bits per heavy atom. The molecule has 20 heavy (non-hydrogen) atoms. The molecule has 0 aliphatic heterocycles. The van der Waals surface area contributed by atoms with Gasteiger partial charge in [0.15, 0.2) is 0 Å². The number of rotatable bonds is 5. The number of esters is 1. The van der Waals surface area contributed by atoms with Crippen LogP contribution in [0.4, 0.5) is 4.79 Å². The zero-order chi connectivity index (χ0) is 15.1. The largest absolute Gasteiger partial charge is 0.516 e. The molecule has 0 aromatic carbocycles. The summed E-state index contributed by atoms with van der Waals surface area (Å²) in [5.41, 5.74) is 6.43. The van der Waals surface area contributed by atoms with Gasteiger partial charge in [0.25, 0.3) is 0 Å². The predicted octanol–water partition coefficient (Wildman–Crippen LogP) is 2.14. The van der Waals surface area contributed by atoms with Crippen molar-refractivity contribution in [1.29, 1.82) is 0 Å². The third-order valence-corrected chi connectivity index (χ3v) is 3.15. The zero-order valence-corrected chi connectivity index (χ0v) is 12.8. The van der Waals surface area contributed by atoms with E-state index >= 15 is 0 Å². The molecule has 6 nitrogen and oxygen atoms in total. The van der Waals surface area contributed by atoms with Crippen molar-refractivity contribution in [2.45, 2.75) is 71.6 Å². The Bertz CT molecular complexity index is 323. The van der Waals surface area contributed by atoms with Crippen molar-refractivity contribution in [2.75, 3.05) is 0 Å². The molecule has 0 atom stereocenters. The molecular formula is C14H26N2O4. The lowest BCUT2D eigenvalue weighted by atomic mass is 9.86.